The normalized spacial score (nSPS) is 13.6. The number of furan rings is 1. The molecule has 1 aliphatic rings. The zero-order valence-corrected chi connectivity index (χ0v) is 49.6. The molecule has 0 N–H and O–H groups in total. The Morgan fingerprint density at radius 1 is 0.771 bits per heavy atom. The minimum Gasteiger partial charge on any atom is -0.496 e. The summed E-state index contributed by atoms with van der Waals surface area (Å²) in [5, 5.41) is 11.3. The van der Waals surface area contributed by atoms with Crippen molar-refractivity contribution in [3.63, 3.8) is 0 Å². The number of fused-ring (bicyclic) bond motifs is 6. The van der Waals surface area contributed by atoms with Crippen LogP contribution in [0.2, 0.25) is 5.02 Å². The fourth-order valence-corrected chi connectivity index (χ4v) is 11.5. The molecule has 440 valence electrons. The van der Waals surface area contributed by atoms with Crippen LogP contribution in [0.3, 0.4) is 0 Å². The second-order valence-electron chi connectivity index (χ2n) is 20.1. The lowest BCUT2D eigenvalue weighted by molar-refractivity contribution is -0.124. The molecule has 6 aromatic heterocycles. The number of methoxy groups -OCH3 is 1. The third kappa shape index (κ3) is 14.6. The highest BCUT2D eigenvalue weighted by molar-refractivity contribution is 7.15. The van der Waals surface area contributed by atoms with Crippen molar-refractivity contribution in [2.24, 2.45) is 4.99 Å². The number of imidazole rings is 1. The monoisotopic (exact) mass is 1170 g/mol. The maximum Gasteiger partial charge on any atom is 0.330 e. The van der Waals surface area contributed by atoms with Crippen molar-refractivity contribution < 1.29 is 51.9 Å². The Kier molecular flexibility index (Phi) is 21.3. The quantitative estimate of drug-likeness (QED) is 0.0350. The minimum atomic E-state index is -0.491. The van der Waals surface area contributed by atoms with E-state index in [0.717, 1.165) is 55.7 Å². The second kappa shape index (κ2) is 29.1. The molecule has 0 saturated heterocycles. The number of carbonyl (C=O) groups is 2. The van der Waals surface area contributed by atoms with Crippen LogP contribution in [-0.2, 0) is 49.3 Å². The van der Waals surface area contributed by atoms with E-state index in [9.17, 15) is 14.4 Å². The van der Waals surface area contributed by atoms with Crippen molar-refractivity contribution in [2.45, 2.75) is 79.4 Å². The van der Waals surface area contributed by atoms with E-state index in [4.69, 9.17) is 63.9 Å². The number of thiophene rings is 1. The van der Waals surface area contributed by atoms with Crippen molar-refractivity contribution in [2.75, 3.05) is 99.6 Å². The number of Topliss-reactive ketones (excluding diaryl/α,β-unsaturated/α-hetero) is 2. The maximum atomic E-state index is 14.3. The molecule has 2 aromatic carbocycles. The zero-order valence-electron chi connectivity index (χ0n) is 48.1. The Morgan fingerprint density at radius 3 is 2.04 bits per heavy atom. The molecule has 0 saturated carbocycles. The Labute approximate surface area is 490 Å². The van der Waals surface area contributed by atoms with Gasteiger partial charge in [0.1, 0.15) is 40.8 Å². The molecular weight excluding hydrogens is 1100 g/mol. The van der Waals surface area contributed by atoms with Gasteiger partial charge in [-0.15, -0.1) is 21.5 Å². The van der Waals surface area contributed by atoms with E-state index in [1.165, 1.54) is 9.44 Å². The predicted molar refractivity (Wildman–Crippen MR) is 316 cm³/mol. The number of ether oxygens (including phenoxy) is 8. The molecule has 20 nitrogen and oxygen atoms in total. The van der Waals surface area contributed by atoms with Gasteiger partial charge < -0.3 is 42.3 Å². The molecule has 1 aliphatic heterocycles. The van der Waals surface area contributed by atoms with Crippen LogP contribution in [0.4, 0.5) is 0 Å². The molecule has 83 heavy (non-hydrogen) atoms. The number of pyridine rings is 2. The van der Waals surface area contributed by atoms with Crippen LogP contribution in [0.15, 0.2) is 87.5 Å². The van der Waals surface area contributed by atoms with Crippen molar-refractivity contribution in [1.29, 1.82) is 0 Å². The highest BCUT2D eigenvalue weighted by Gasteiger charge is 2.33. The first kappa shape index (κ1) is 60.8. The van der Waals surface area contributed by atoms with Gasteiger partial charge in [0.15, 0.2) is 11.6 Å². The summed E-state index contributed by atoms with van der Waals surface area (Å²) >= 11 is 7.93. The van der Waals surface area contributed by atoms with E-state index < -0.39 is 12.1 Å². The van der Waals surface area contributed by atoms with Gasteiger partial charge in [0.05, 0.1) is 139 Å². The number of rotatable bonds is 33. The number of halogens is 1. The molecular formula is C61H71ClN8O12S. The Balaban J connectivity index is 0.601. The van der Waals surface area contributed by atoms with E-state index in [1.54, 1.807) is 41.7 Å². The summed E-state index contributed by atoms with van der Waals surface area (Å²) in [5.74, 6) is 2.56. The molecule has 0 bridgehead atoms. The Morgan fingerprint density at radius 2 is 1.42 bits per heavy atom. The van der Waals surface area contributed by atoms with Crippen molar-refractivity contribution >= 4 is 62.2 Å². The van der Waals surface area contributed by atoms with Crippen molar-refractivity contribution in [1.82, 2.24) is 33.9 Å². The molecule has 0 spiro atoms. The van der Waals surface area contributed by atoms with Crippen LogP contribution in [0.5, 0.6) is 5.75 Å². The minimum absolute atomic E-state index is 0.0800. The largest absolute Gasteiger partial charge is 0.496 e. The third-order valence-electron chi connectivity index (χ3n) is 14.4. The maximum absolute atomic E-state index is 14.3. The molecule has 9 rings (SSSR count). The molecule has 2 atom stereocenters. The number of carbonyl (C=O) groups excluding carboxylic acids is 2. The van der Waals surface area contributed by atoms with Crippen LogP contribution >= 0.6 is 22.9 Å². The molecule has 22 heteroatoms. The van der Waals surface area contributed by atoms with Gasteiger partial charge in [-0.2, -0.15) is 0 Å². The van der Waals surface area contributed by atoms with Crippen molar-refractivity contribution in [3.05, 3.63) is 139 Å². The van der Waals surface area contributed by atoms with Gasteiger partial charge in [-0.05, 0) is 95.5 Å². The molecule has 0 aliphatic carbocycles. The van der Waals surface area contributed by atoms with E-state index in [2.05, 4.69) is 33.6 Å². The third-order valence-corrected chi connectivity index (χ3v) is 15.8. The zero-order chi connectivity index (χ0) is 58.4. The summed E-state index contributed by atoms with van der Waals surface area (Å²) in [6.45, 7) is 16.4. The predicted octanol–water partition coefficient (Wildman–Crippen LogP) is 9.48. The van der Waals surface area contributed by atoms with E-state index in [1.807, 2.05) is 82.3 Å². The molecule has 7 heterocycles. The first-order valence-electron chi connectivity index (χ1n) is 27.9. The van der Waals surface area contributed by atoms with Gasteiger partial charge in [0.2, 0.25) is 0 Å². The standard InChI is InChI=1S/C61H71ClN8O12S/c1-38-36-82-41(4)55(38)49-32-51-48(33-54(49)74-7)58-53(34-64-51)68(61(73)69(58)40(3)50-12-8-9-17-63-50)35-47(72)37-81-30-29-80-28-27-79-26-25-78-24-23-77-22-21-76-20-19-75-18-10-11-46(71)31-52-59-67-66-43(6)70(59)60-56(39(2)42(5)83-60)57(65-52)44-13-15-45(62)16-14-44/h8-9,12-17,32-34,36,40,52H,10-11,18-31,35,37H2,1-7H3. The topological polar surface area (TPSA) is 217 Å². The summed E-state index contributed by atoms with van der Waals surface area (Å²) < 4.78 is 56.3. The summed E-state index contributed by atoms with van der Waals surface area (Å²) in [6, 6.07) is 16.1. The Bertz CT molecular complexity index is 3570. The summed E-state index contributed by atoms with van der Waals surface area (Å²) in [7, 11) is 1.61. The van der Waals surface area contributed by atoms with Crippen LogP contribution in [0, 0.1) is 34.6 Å². The second-order valence-corrected chi connectivity index (χ2v) is 21.7. The fourth-order valence-electron chi connectivity index (χ4n) is 10.1. The van der Waals surface area contributed by atoms with Crippen LogP contribution in [0.25, 0.3) is 38.1 Å². The number of benzene rings is 2. The van der Waals surface area contributed by atoms with Gasteiger partial charge in [-0.25, -0.2) is 4.79 Å². The Hall–Kier alpha value is -6.79. The first-order chi connectivity index (χ1) is 40.3. The summed E-state index contributed by atoms with van der Waals surface area (Å²) in [6.07, 6.45) is 6.18. The lowest BCUT2D eigenvalue weighted by Crippen LogP contribution is -2.30. The summed E-state index contributed by atoms with van der Waals surface area (Å²) in [5.41, 5.74) is 8.72. The number of ketones is 2. The fraction of sp³-hybridized carbons (Fsp3) is 0.443. The number of aryl methyl sites for hydroxylation is 4. The molecule has 0 radical (unpaired) electrons. The van der Waals surface area contributed by atoms with Gasteiger partial charge in [-0.3, -0.25) is 38.3 Å². The number of nitrogens with zero attached hydrogens (tertiary/aromatic N) is 8. The lowest BCUT2D eigenvalue weighted by Gasteiger charge is -2.15. The van der Waals surface area contributed by atoms with E-state index in [-0.39, 0.29) is 50.0 Å². The van der Waals surface area contributed by atoms with Gasteiger partial charge >= 0.3 is 5.69 Å². The average molecular weight is 1180 g/mol. The van der Waals surface area contributed by atoms with Crippen LogP contribution in [0.1, 0.15) is 88.5 Å². The van der Waals surface area contributed by atoms with E-state index >= 15 is 0 Å². The lowest BCUT2D eigenvalue weighted by atomic mass is 9.99. The first-order valence-corrected chi connectivity index (χ1v) is 29.0. The number of aromatic nitrogens is 7. The molecule has 8 aromatic rings. The summed E-state index contributed by atoms with van der Waals surface area (Å²) in [4.78, 5) is 56.8. The van der Waals surface area contributed by atoms with Gasteiger partial charge in [-0.1, -0.05) is 29.8 Å². The highest BCUT2D eigenvalue weighted by atomic mass is 35.5. The van der Waals surface area contributed by atoms with Crippen molar-refractivity contribution in [3.8, 4) is 21.9 Å². The SMILES string of the molecule is COc1cc2c(cc1-c1c(C)coc1C)ncc1c2n(C(C)c2ccccn2)c(=O)n1CC(=O)COCCOCCOCCOCCOCCOCCOCCCC(=O)CC1N=C(c2ccc(Cl)cc2)c2c(sc(C)c2C)-n2c(C)nnc21. The molecule has 2 unspecified atom stereocenters. The molecule has 0 amide bonds. The highest BCUT2D eigenvalue weighted by Crippen LogP contribution is 2.42. The van der Waals surface area contributed by atoms with Gasteiger partial charge in [0, 0.05) is 63.2 Å². The number of hydrogen-bond donors (Lipinski definition) is 0. The number of hydrogen-bond acceptors (Lipinski definition) is 18. The van der Waals surface area contributed by atoms with Crippen LogP contribution < -0.4 is 10.4 Å². The average Bonchev–Trinajstić information content (AvgIpc) is 3.27. The van der Waals surface area contributed by atoms with Crippen LogP contribution in [-0.4, -0.2) is 151 Å². The smallest absolute Gasteiger partial charge is 0.330 e. The molecule has 0 fully saturated rings. The van der Waals surface area contributed by atoms with E-state index in [0.29, 0.717) is 130 Å². The number of aliphatic imine (C=N–C) groups is 1. The van der Waals surface area contributed by atoms with Gasteiger partial charge in [0.25, 0.3) is 0 Å².